The number of esters is 1. The Hall–Kier alpha value is -3.52. The van der Waals surface area contributed by atoms with Crippen molar-refractivity contribution in [2.45, 2.75) is 19.9 Å². The molecule has 8 nitrogen and oxygen atoms in total. The van der Waals surface area contributed by atoms with Gasteiger partial charge in [-0.2, -0.15) is 0 Å². The fourth-order valence-electron chi connectivity index (χ4n) is 3.73. The summed E-state index contributed by atoms with van der Waals surface area (Å²) in [5, 5.41) is 6.06. The monoisotopic (exact) mass is 455 g/mol. The van der Waals surface area contributed by atoms with E-state index in [1.54, 1.807) is 36.4 Å². The Morgan fingerprint density at radius 3 is 2.81 bits per heavy atom. The van der Waals surface area contributed by atoms with Crippen molar-refractivity contribution in [3.8, 4) is 5.75 Å². The van der Waals surface area contributed by atoms with Crippen LogP contribution in [-0.4, -0.2) is 42.6 Å². The molecular formula is C23H22ClN3O5. The van der Waals surface area contributed by atoms with Gasteiger partial charge in [-0.3, -0.25) is 9.69 Å². The lowest BCUT2D eigenvalue weighted by molar-refractivity contribution is -0.136. The van der Waals surface area contributed by atoms with Gasteiger partial charge in [0.1, 0.15) is 18.9 Å². The summed E-state index contributed by atoms with van der Waals surface area (Å²) in [6, 6.07) is 11.1. The fraction of sp³-hybridized carbons (Fsp3) is 0.261. The van der Waals surface area contributed by atoms with Crippen LogP contribution in [0, 0.1) is 6.92 Å². The van der Waals surface area contributed by atoms with Crippen LogP contribution in [0.4, 0.5) is 10.5 Å². The van der Waals surface area contributed by atoms with Gasteiger partial charge in [-0.25, -0.2) is 9.59 Å². The molecule has 4 rings (SSSR count). The summed E-state index contributed by atoms with van der Waals surface area (Å²) in [7, 11) is 0. The Morgan fingerprint density at radius 1 is 1.28 bits per heavy atom. The van der Waals surface area contributed by atoms with Gasteiger partial charge in [-0.15, -0.1) is 0 Å². The number of cyclic esters (lactones) is 1. The second kappa shape index (κ2) is 8.92. The van der Waals surface area contributed by atoms with Crippen LogP contribution in [0.5, 0.6) is 5.75 Å². The summed E-state index contributed by atoms with van der Waals surface area (Å²) in [4.78, 5) is 39.4. The van der Waals surface area contributed by atoms with Crippen LogP contribution in [0.15, 0.2) is 53.7 Å². The number of anilines is 1. The molecule has 166 valence electrons. The minimum Gasteiger partial charge on any atom is -0.494 e. The van der Waals surface area contributed by atoms with E-state index >= 15 is 0 Å². The molecule has 32 heavy (non-hydrogen) atoms. The minimum absolute atomic E-state index is 0.0848. The van der Waals surface area contributed by atoms with E-state index in [4.69, 9.17) is 21.1 Å². The van der Waals surface area contributed by atoms with Gasteiger partial charge in [0.15, 0.2) is 0 Å². The lowest BCUT2D eigenvalue weighted by atomic mass is 9.95. The van der Waals surface area contributed by atoms with Gasteiger partial charge >= 0.3 is 12.0 Å². The molecule has 2 aliphatic heterocycles. The van der Waals surface area contributed by atoms with Crippen molar-refractivity contribution >= 4 is 35.2 Å². The van der Waals surface area contributed by atoms with Crippen LogP contribution in [0.25, 0.3) is 0 Å². The first-order valence-corrected chi connectivity index (χ1v) is 10.5. The van der Waals surface area contributed by atoms with Crippen molar-refractivity contribution in [3.63, 3.8) is 0 Å². The number of para-hydroxylation sites is 1. The highest BCUT2D eigenvalue weighted by Crippen LogP contribution is 2.38. The molecule has 0 aromatic heterocycles. The molecule has 0 saturated heterocycles. The highest BCUT2D eigenvalue weighted by atomic mass is 35.5. The van der Waals surface area contributed by atoms with E-state index in [1.165, 1.54) is 4.90 Å². The summed E-state index contributed by atoms with van der Waals surface area (Å²) >= 11 is 6.11. The number of benzene rings is 2. The Bertz CT molecular complexity index is 1130. The first-order chi connectivity index (χ1) is 15.4. The summed E-state index contributed by atoms with van der Waals surface area (Å²) in [6.45, 7) is 3.78. The molecule has 2 aromatic rings. The molecule has 2 aliphatic rings. The number of carbonyl (C=O) groups is 3. The van der Waals surface area contributed by atoms with Gasteiger partial charge in [0.25, 0.3) is 0 Å². The van der Waals surface area contributed by atoms with Crippen LogP contribution >= 0.6 is 11.6 Å². The highest BCUT2D eigenvalue weighted by molar-refractivity contribution is 6.31. The van der Waals surface area contributed by atoms with E-state index in [0.717, 1.165) is 5.56 Å². The number of nitrogens with zero attached hydrogens (tertiary/aromatic N) is 1. The van der Waals surface area contributed by atoms with Gasteiger partial charge in [-0.1, -0.05) is 35.9 Å². The van der Waals surface area contributed by atoms with Crippen molar-refractivity contribution in [2.24, 2.45) is 0 Å². The second-order valence-electron chi connectivity index (χ2n) is 7.39. The Balaban J connectivity index is 1.60. The third-order valence-corrected chi connectivity index (χ3v) is 5.69. The van der Waals surface area contributed by atoms with E-state index in [0.29, 0.717) is 39.9 Å². The molecule has 1 atom stereocenters. The average Bonchev–Trinajstić information content (AvgIpc) is 3.15. The average molecular weight is 456 g/mol. The van der Waals surface area contributed by atoms with Gasteiger partial charge in [-0.05, 0) is 37.6 Å². The lowest BCUT2D eigenvalue weighted by Crippen LogP contribution is -2.49. The summed E-state index contributed by atoms with van der Waals surface area (Å²) in [6.07, 6.45) is 0. The molecule has 0 radical (unpaired) electrons. The smallest absolute Gasteiger partial charge is 0.338 e. The molecule has 9 heteroatoms. The quantitative estimate of drug-likeness (QED) is 0.649. The first-order valence-electron chi connectivity index (χ1n) is 10.1. The molecule has 0 bridgehead atoms. The zero-order chi connectivity index (χ0) is 22.8. The number of halogens is 1. The van der Waals surface area contributed by atoms with Gasteiger partial charge < -0.3 is 20.1 Å². The fourth-order valence-corrected chi connectivity index (χ4v) is 3.91. The molecule has 3 amide bonds. The number of rotatable bonds is 6. The van der Waals surface area contributed by atoms with E-state index in [2.05, 4.69) is 10.6 Å². The number of urea groups is 1. The van der Waals surface area contributed by atoms with Crippen LogP contribution in [0.3, 0.4) is 0 Å². The summed E-state index contributed by atoms with van der Waals surface area (Å²) < 4.78 is 10.9. The normalized spacial score (nSPS) is 17.6. The van der Waals surface area contributed by atoms with Gasteiger partial charge in [0.05, 0.1) is 23.9 Å². The molecule has 0 fully saturated rings. The van der Waals surface area contributed by atoms with Crippen molar-refractivity contribution in [1.82, 2.24) is 10.2 Å². The molecule has 0 spiro atoms. The summed E-state index contributed by atoms with van der Waals surface area (Å²) in [5.74, 6) is -0.402. The van der Waals surface area contributed by atoms with Crippen molar-refractivity contribution in [3.05, 3.63) is 69.9 Å². The molecule has 2 heterocycles. The van der Waals surface area contributed by atoms with Crippen LogP contribution in [0.1, 0.15) is 24.1 Å². The molecule has 0 saturated carbocycles. The number of hydrogen-bond donors (Lipinski definition) is 2. The number of carbonyl (C=O) groups excluding carboxylic acids is 3. The maximum absolute atomic E-state index is 13.0. The largest absolute Gasteiger partial charge is 0.494 e. The number of ether oxygens (including phenoxy) is 2. The number of hydrogen-bond acceptors (Lipinski definition) is 5. The van der Waals surface area contributed by atoms with Crippen LogP contribution < -0.4 is 15.4 Å². The maximum Gasteiger partial charge on any atom is 0.338 e. The molecule has 0 unspecified atom stereocenters. The topological polar surface area (TPSA) is 97.0 Å². The van der Waals surface area contributed by atoms with Crippen molar-refractivity contribution < 1.29 is 23.9 Å². The minimum atomic E-state index is -0.731. The zero-order valence-electron chi connectivity index (χ0n) is 17.6. The number of amides is 3. The predicted molar refractivity (Wildman–Crippen MR) is 118 cm³/mol. The van der Waals surface area contributed by atoms with E-state index in [-0.39, 0.29) is 13.2 Å². The van der Waals surface area contributed by atoms with Crippen LogP contribution in [0.2, 0.25) is 5.02 Å². The third kappa shape index (κ3) is 4.13. The molecular weight excluding hydrogens is 434 g/mol. The highest BCUT2D eigenvalue weighted by Gasteiger charge is 2.43. The number of aryl methyl sites for hydroxylation is 1. The maximum atomic E-state index is 13.0. The Kier molecular flexibility index (Phi) is 6.05. The molecule has 2 aromatic carbocycles. The van der Waals surface area contributed by atoms with Crippen LogP contribution in [-0.2, 0) is 14.3 Å². The van der Waals surface area contributed by atoms with Gasteiger partial charge in [0.2, 0.25) is 5.91 Å². The second-order valence-corrected chi connectivity index (χ2v) is 7.80. The van der Waals surface area contributed by atoms with E-state index in [9.17, 15) is 14.4 Å². The Morgan fingerprint density at radius 2 is 2.06 bits per heavy atom. The Labute approximate surface area is 190 Å². The third-order valence-electron chi connectivity index (χ3n) is 5.29. The van der Waals surface area contributed by atoms with Crippen molar-refractivity contribution in [2.75, 3.05) is 25.1 Å². The SMILES string of the molecule is CCOc1ccccc1[C@H]1NC(=O)N(CC(=O)Nc2ccc(C)c(Cl)c2)C2=C1C(=O)OC2. The number of nitrogens with one attached hydrogen (secondary N) is 2. The standard InChI is InChI=1S/C23H22ClN3O5/c1-3-31-18-7-5-4-6-15(18)21-20-17(12-32-22(20)29)27(23(30)26-21)11-19(28)25-14-9-8-13(2)16(24)10-14/h4-10,21H,3,11-12H2,1-2H3,(H,25,28)(H,26,30)/t21-/m1/s1. The predicted octanol–water partition coefficient (Wildman–Crippen LogP) is 3.56. The van der Waals surface area contributed by atoms with E-state index < -0.39 is 23.9 Å². The van der Waals surface area contributed by atoms with E-state index in [1.807, 2.05) is 19.9 Å². The summed E-state index contributed by atoms with van der Waals surface area (Å²) in [5.41, 5.74) is 2.71. The first kappa shape index (κ1) is 21.7. The zero-order valence-corrected chi connectivity index (χ0v) is 18.4. The van der Waals surface area contributed by atoms with Crippen molar-refractivity contribution in [1.29, 1.82) is 0 Å². The lowest BCUT2D eigenvalue weighted by Gasteiger charge is -2.33. The van der Waals surface area contributed by atoms with Gasteiger partial charge in [0, 0.05) is 16.3 Å². The molecule has 0 aliphatic carbocycles. The molecule has 2 N–H and O–H groups in total.